The van der Waals surface area contributed by atoms with E-state index in [1.54, 1.807) is 0 Å². The molecule has 2 rings (SSSR count). The third-order valence-corrected chi connectivity index (χ3v) is 15.9. The van der Waals surface area contributed by atoms with Gasteiger partial charge in [0.1, 0.15) is 9.16 Å². The normalized spacial score (nSPS) is 20.2. The van der Waals surface area contributed by atoms with Crippen LogP contribution in [-0.2, 0) is 26.1 Å². The molecule has 0 bridgehead atoms. The van der Waals surface area contributed by atoms with E-state index in [1.807, 2.05) is 0 Å². The van der Waals surface area contributed by atoms with Gasteiger partial charge in [-0.3, -0.25) is 0 Å². The van der Waals surface area contributed by atoms with E-state index in [0.29, 0.717) is 0 Å². The third-order valence-electron chi connectivity index (χ3n) is 0.947. The van der Waals surface area contributed by atoms with Crippen molar-refractivity contribution in [3.63, 3.8) is 0 Å². The Kier molecular flexibility index (Phi) is 12.4. The summed E-state index contributed by atoms with van der Waals surface area (Å²) in [6.07, 6.45) is 0. The van der Waals surface area contributed by atoms with E-state index in [4.69, 9.17) is 0 Å². The minimum atomic E-state index is -0.975. The average Bonchev–Trinajstić information content (AvgIpc) is 2.93. The Morgan fingerprint density at radius 3 is 1.06 bits per heavy atom. The molecule has 100 valence electrons. The molecule has 2 heterocycles. The first kappa shape index (κ1) is 19.2. The molecule has 0 radical (unpaired) electrons. The van der Waals surface area contributed by atoms with Gasteiger partial charge in [0, 0.05) is 0 Å². The molecule has 0 aromatic heterocycles. The van der Waals surface area contributed by atoms with E-state index < -0.39 is 11.9 Å². The van der Waals surface area contributed by atoms with Crippen molar-refractivity contribution < 1.29 is 36.3 Å². The van der Waals surface area contributed by atoms with Crippen LogP contribution < -0.4 is 10.2 Å². The molecule has 0 unspecified atom stereocenters. The van der Waals surface area contributed by atoms with Gasteiger partial charge in [0.15, 0.2) is 0 Å². The van der Waals surface area contributed by atoms with Crippen LogP contribution in [0.2, 0.25) is 0 Å². The van der Waals surface area contributed by atoms with Crippen LogP contribution >= 0.6 is 82.5 Å². The first-order valence-electron chi connectivity index (χ1n) is 3.34. The average molecular weight is 429 g/mol. The molecule has 0 atom stereocenters. The van der Waals surface area contributed by atoms with Crippen molar-refractivity contribution in [2.45, 2.75) is 9.16 Å². The minimum Gasteiger partial charge on any atom is -0.548 e. The van der Waals surface area contributed by atoms with Crippen LogP contribution in [0, 0.1) is 0 Å². The molecule has 0 aromatic rings. The molecule has 0 saturated carbocycles. The largest absolute Gasteiger partial charge is 2.00 e. The van der Waals surface area contributed by atoms with Crippen LogP contribution in [-0.4, -0.2) is 21.1 Å². The molecule has 2 saturated heterocycles. The van der Waals surface area contributed by atoms with Crippen LogP contribution in [0.4, 0.5) is 0 Å². The molecule has 13 heteroatoms. The van der Waals surface area contributed by atoms with Crippen molar-refractivity contribution in [3.05, 3.63) is 0 Å². The van der Waals surface area contributed by atoms with E-state index in [9.17, 15) is 19.8 Å². The number of rotatable bonds is 2. The summed E-state index contributed by atoms with van der Waals surface area (Å²) in [4.78, 5) is 20.0. The number of carbonyl (C=O) groups is 2. The summed E-state index contributed by atoms with van der Waals surface area (Å²) in [7, 11) is 11.3. The van der Waals surface area contributed by atoms with E-state index in [-0.39, 0.29) is 25.7 Å². The number of carboxylic acid groups (broad SMARTS) is 2. The zero-order valence-electron chi connectivity index (χ0n) is 7.37. The van der Waals surface area contributed by atoms with Crippen molar-refractivity contribution in [1.82, 2.24) is 0 Å². The molecular weight excluding hydrogens is 427 g/mol. The number of aliphatic carboxylic acids is 2. The first-order valence-corrected chi connectivity index (χ1v) is 13.2. The van der Waals surface area contributed by atoms with Crippen molar-refractivity contribution in [2.24, 2.45) is 0 Å². The summed E-state index contributed by atoms with van der Waals surface area (Å²) in [6, 6.07) is 0. The van der Waals surface area contributed by atoms with E-state index in [1.165, 1.54) is 82.5 Å². The molecule has 17 heavy (non-hydrogen) atoms. The van der Waals surface area contributed by atoms with Gasteiger partial charge in [-0.05, 0) is 39.3 Å². The maximum absolute atomic E-state index is 10.0. The van der Waals surface area contributed by atoms with Gasteiger partial charge in [-0.1, -0.05) is 43.2 Å². The molecule has 0 spiro atoms. The van der Waals surface area contributed by atoms with Crippen LogP contribution in [0.15, 0.2) is 0 Å². The fraction of sp³-hybridized carbons (Fsp3) is 0.500. The fourth-order valence-corrected chi connectivity index (χ4v) is 16.5. The summed E-state index contributed by atoms with van der Waals surface area (Å²) in [6.45, 7) is 0. The predicted octanol–water partition coefficient (Wildman–Crippen LogP) is 1.51. The van der Waals surface area contributed by atoms with Gasteiger partial charge in [0.25, 0.3) is 0 Å². The Morgan fingerprint density at radius 1 is 0.706 bits per heavy atom. The monoisotopic (exact) mass is 428 g/mol. The Labute approximate surface area is 138 Å². The second-order valence-corrected chi connectivity index (χ2v) is 14.6. The molecule has 2 aliphatic heterocycles. The van der Waals surface area contributed by atoms with Gasteiger partial charge >= 0.3 is 16.5 Å². The van der Waals surface area contributed by atoms with Gasteiger partial charge < -0.3 is 19.8 Å². The minimum absolute atomic E-state index is 0. The third kappa shape index (κ3) is 8.18. The Balaban J connectivity index is 0.000000284. The van der Waals surface area contributed by atoms with Crippen LogP contribution in [0.25, 0.3) is 0 Å². The molecule has 4 nitrogen and oxygen atoms in total. The van der Waals surface area contributed by atoms with E-state index >= 15 is 0 Å². The predicted molar refractivity (Wildman–Crippen MR) is 78.3 cm³/mol. The Hall–Kier alpha value is 2.23. The number of hydrogen-bond donors (Lipinski definition) is 0. The second kappa shape index (κ2) is 11.0. The number of carbonyl (C=O) groups excluding carboxylic acids is 2. The maximum atomic E-state index is 10.0. The quantitative estimate of drug-likeness (QED) is 0.472. The SMILES string of the molecule is O=C([O-])C1SSSS1.O=C([O-])C1SSSS1.[Ni+2]. The molecule has 2 aliphatic rings. The van der Waals surface area contributed by atoms with Crippen molar-refractivity contribution in [1.29, 1.82) is 0 Å². The molecular formula is C4H2NiO4S8. The zero-order chi connectivity index (χ0) is 12.0. The summed E-state index contributed by atoms with van der Waals surface area (Å²) in [5.74, 6) is -1.95. The van der Waals surface area contributed by atoms with Gasteiger partial charge in [0.2, 0.25) is 0 Å². The second-order valence-electron chi connectivity index (χ2n) is 1.96. The standard InChI is InChI=1S/2C2H2O2S4.Ni/c2*3-1(4)2-5-7-8-6-2;/h2*2H,(H,3,4);/q;;+2/p-2. The zero-order valence-corrected chi connectivity index (χ0v) is 14.9. The fourth-order valence-electron chi connectivity index (χ4n) is 0.396. The maximum Gasteiger partial charge on any atom is 2.00 e. The van der Waals surface area contributed by atoms with Crippen molar-refractivity contribution in [3.8, 4) is 0 Å². The van der Waals surface area contributed by atoms with Crippen molar-refractivity contribution in [2.75, 3.05) is 0 Å². The summed E-state index contributed by atoms with van der Waals surface area (Å²) >= 11 is 0. The number of hydrogen-bond acceptors (Lipinski definition) is 12. The summed E-state index contributed by atoms with van der Waals surface area (Å²) in [5, 5.41) is 20.0. The van der Waals surface area contributed by atoms with Crippen molar-refractivity contribution >= 4 is 94.4 Å². The van der Waals surface area contributed by atoms with Gasteiger partial charge in [-0.2, -0.15) is 0 Å². The van der Waals surface area contributed by atoms with Crippen LogP contribution in [0.1, 0.15) is 0 Å². The topological polar surface area (TPSA) is 80.3 Å². The summed E-state index contributed by atoms with van der Waals surface area (Å²) in [5.41, 5.74) is 0. The molecule has 0 aromatic carbocycles. The molecule has 0 amide bonds. The smallest absolute Gasteiger partial charge is 0.548 e. The van der Waals surface area contributed by atoms with E-state index in [2.05, 4.69) is 0 Å². The molecule has 0 N–H and O–H groups in total. The first-order chi connectivity index (χ1) is 7.61. The van der Waals surface area contributed by atoms with Gasteiger partial charge in [-0.15, -0.1) is 0 Å². The van der Waals surface area contributed by atoms with Crippen LogP contribution in [0.5, 0.6) is 0 Å². The number of carboxylic acids is 2. The van der Waals surface area contributed by atoms with Gasteiger partial charge in [0.05, 0.1) is 11.9 Å². The van der Waals surface area contributed by atoms with Crippen LogP contribution in [0.3, 0.4) is 0 Å². The molecule has 0 aliphatic carbocycles. The molecule has 2 fully saturated rings. The van der Waals surface area contributed by atoms with Gasteiger partial charge in [-0.25, -0.2) is 0 Å². The Morgan fingerprint density at radius 2 is 0.941 bits per heavy atom. The van der Waals surface area contributed by atoms with E-state index in [0.717, 1.165) is 0 Å². The summed E-state index contributed by atoms with van der Waals surface area (Å²) < 4.78 is -0.741. The Bertz CT molecular complexity index is 228.